The molecule has 0 radical (unpaired) electrons. The summed E-state index contributed by atoms with van der Waals surface area (Å²) in [6, 6.07) is 4.06. The Balaban J connectivity index is 2.77. The van der Waals surface area contributed by atoms with Gasteiger partial charge in [0.2, 0.25) is 0 Å². The van der Waals surface area contributed by atoms with E-state index in [1.807, 2.05) is 0 Å². The predicted octanol–water partition coefficient (Wildman–Crippen LogP) is 1.77. The van der Waals surface area contributed by atoms with Crippen molar-refractivity contribution in [2.24, 2.45) is 0 Å². The zero-order valence-electron chi connectivity index (χ0n) is 10.7. The summed E-state index contributed by atoms with van der Waals surface area (Å²) in [5.74, 6) is -1.37. The van der Waals surface area contributed by atoms with E-state index in [1.54, 1.807) is 19.9 Å². The molecule has 0 unspecified atom stereocenters. The van der Waals surface area contributed by atoms with E-state index in [0.717, 1.165) is 6.07 Å². The first-order valence-electron chi connectivity index (χ1n) is 5.62. The van der Waals surface area contributed by atoms with Gasteiger partial charge in [-0.3, -0.25) is 9.59 Å². The first kappa shape index (κ1) is 14.2. The number of benzene rings is 1. The second-order valence-corrected chi connectivity index (χ2v) is 3.98. The number of carbonyl (C=O) groups excluding carboxylic acids is 2. The lowest BCUT2D eigenvalue weighted by atomic mass is 10.1. The number of carbonyl (C=O) groups is 2. The average molecular weight is 253 g/mol. The van der Waals surface area contributed by atoms with E-state index in [4.69, 9.17) is 4.74 Å². The van der Waals surface area contributed by atoms with Crippen LogP contribution in [0.3, 0.4) is 0 Å². The molecule has 0 aliphatic heterocycles. The molecule has 4 nitrogen and oxygen atoms in total. The fourth-order valence-electron chi connectivity index (χ4n) is 1.55. The Morgan fingerprint density at radius 1 is 1.33 bits per heavy atom. The third-order valence-corrected chi connectivity index (χ3v) is 2.31. The van der Waals surface area contributed by atoms with Crippen molar-refractivity contribution < 1.29 is 18.7 Å². The maximum absolute atomic E-state index is 13.2. The molecule has 1 rings (SSSR count). The second-order valence-electron chi connectivity index (χ2n) is 3.98. The number of ether oxygens (including phenoxy) is 1. The molecule has 0 atom stereocenters. The van der Waals surface area contributed by atoms with Crippen molar-refractivity contribution in [2.75, 3.05) is 20.2 Å². The minimum Gasteiger partial charge on any atom is -0.465 e. The van der Waals surface area contributed by atoms with Crippen molar-refractivity contribution in [1.29, 1.82) is 0 Å². The van der Waals surface area contributed by atoms with Gasteiger partial charge in [0.1, 0.15) is 12.4 Å². The Morgan fingerprint density at radius 2 is 2.00 bits per heavy atom. The van der Waals surface area contributed by atoms with E-state index in [1.165, 1.54) is 18.0 Å². The van der Waals surface area contributed by atoms with Gasteiger partial charge in [-0.05, 0) is 37.6 Å². The molecule has 18 heavy (non-hydrogen) atoms. The van der Waals surface area contributed by atoms with Crippen LogP contribution in [0.25, 0.3) is 0 Å². The molecule has 0 heterocycles. The fourth-order valence-corrected chi connectivity index (χ4v) is 1.55. The maximum atomic E-state index is 13.2. The molecule has 0 N–H and O–H groups in total. The number of hydrogen-bond acceptors (Lipinski definition) is 3. The summed E-state index contributed by atoms with van der Waals surface area (Å²) in [4.78, 5) is 24.4. The number of halogens is 1. The van der Waals surface area contributed by atoms with Crippen molar-refractivity contribution in [3.63, 3.8) is 0 Å². The first-order valence-corrected chi connectivity index (χ1v) is 5.62. The molecule has 1 aromatic rings. The Kier molecular flexibility index (Phi) is 4.83. The molecule has 0 bridgehead atoms. The third-order valence-electron chi connectivity index (χ3n) is 2.31. The Morgan fingerprint density at radius 3 is 2.56 bits per heavy atom. The SMILES string of the molecule is CCOC(=O)CN(C)C(=O)c1cc(C)cc(F)c1. The molecular formula is C13H16FNO3. The Hall–Kier alpha value is -1.91. The molecule has 1 aromatic carbocycles. The average Bonchev–Trinajstić information content (AvgIpc) is 2.26. The number of hydrogen-bond donors (Lipinski definition) is 0. The molecule has 0 saturated carbocycles. The molecule has 1 amide bonds. The van der Waals surface area contributed by atoms with Gasteiger partial charge < -0.3 is 9.64 Å². The summed E-state index contributed by atoms with van der Waals surface area (Å²) in [5, 5.41) is 0. The normalized spacial score (nSPS) is 10.0. The summed E-state index contributed by atoms with van der Waals surface area (Å²) in [7, 11) is 1.47. The van der Waals surface area contributed by atoms with Gasteiger partial charge in [-0.2, -0.15) is 0 Å². The van der Waals surface area contributed by atoms with Gasteiger partial charge in [0.25, 0.3) is 5.91 Å². The lowest BCUT2D eigenvalue weighted by Crippen LogP contribution is -2.33. The number of likely N-dealkylation sites (N-methyl/N-ethyl adjacent to an activating group) is 1. The summed E-state index contributed by atoms with van der Waals surface area (Å²) in [6.45, 7) is 3.50. The van der Waals surface area contributed by atoms with Crippen LogP contribution in [0.2, 0.25) is 0 Å². The van der Waals surface area contributed by atoms with E-state index in [-0.39, 0.29) is 18.7 Å². The quantitative estimate of drug-likeness (QED) is 0.768. The lowest BCUT2D eigenvalue weighted by molar-refractivity contribution is -0.143. The van der Waals surface area contributed by atoms with Gasteiger partial charge in [-0.15, -0.1) is 0 Å². The minimum atomic E-state index is -0.485. The third kappa shape index (κ3) is 3.84. The predicted molar refractivity (Wildman–Crippen MR) is 64.7 cm³/mol. The highest BCUT2D eigenvalue weighted by Gasteiger charge is 2.16. The molecule has 0 aliphatic rings. The standard InChI is InChI=1S/C13H16FNO3/c1-4-18-12(16)8-15(3)13(17)10-5-9(2)6-11(14)7-10/h5-7H,4,8H2,1-3H3. The van der Waals surface area contributed by atoms with Crippen molar-refractivity contribution in [3.8, 4) is 0 Å². The van der Waals surface area contributed by atoms with Crippen LogP contribution >= 0.6 is 0 Å². The zero-order valence-corrected chi connectivity index (χ0v) is 10.7. The highest BCUT2D eigenvalue weighted by molar-refractivity contribution is 5.95. The summed E-state index contributed by atoms with van der Waals surface area (Å²) >= 11 is 0. The number of esters is 1. The molecule has 0 fully saturated rings. The molecule has 0 aliphatic carbocycles. The van der Waals surface area contributed by atoms with Crippen molar-refractivity contribution in [2.45, 2.75) is 13.8 Å². The summed E-state index contributed by atoms with van der Waals surface area (Å²) in [6.07, 6.45) is 0. The highest BCUT2D eigenvalue weighted by Crippen LogP contribution is 2.10. The van der Waals surface area contributed by atoms with E-state index in [2.05, 4.69) is 0 Å². The molecule has 0 saturated heterocycles. The van der Waals surface area contributed by atoms with Gasteiger partial charge in [0, 0.05) is 12.6 Å². The molecule has 0 spiro atoms. The lowest BCUT2D eigenvalue weighted by Gasteiger charge is -2.16. The smallest absolute Gasteiger partial charge is 0.325 e. The summed E-state index contributed by atoms with van der Waals surface area (Å²) in [5.41, 5.74) is 0.877. The largest absolute Gasteiger partial charge is 0.465 e. The van der Waals surface area contributed by atoms with Crippen LogP contribution < -0.4 is 0 Å². The van der Waals surface area contributed by atoms with Crippen LogP contribution in [0, 0.1) is 12.7 Å². The number of rotatable bonds is 4. The van der Waals surface area contributed by atoms with Crippen LogP contribution in [0.5, 0.6) is 0 Å². The number of amides is 1. The second kappa shape index (κ2) is 6.14. The van der Waals surface area contributed by atoms with Crippen molar-refractivity contribution in [1.82, 2.24) is 4.90 Å². The maximum Gasteiger partial charge on any atom is 0.325 e. The van der Waals surface area contributed by atoms with Gasteiger partial charge in [0.15, 0.2) is 0 Å². The van der Waals surface area contributed by atoms with Gasteiger partial charge in [0.05, 0.1) is 6.61 Å². The van der Waals surface area contributed by atoms with Crippen LogP contribution in [0.4, 0.5) is 4.39 Å². The highest BCUT2D eigenvalue weighted by atomic mass is 19.1. The molecule has 98 valence electrons. The van der Waals surface area contributed by atoms with E-state index >= 15 is 0 Å². The van der Waals surface area contributed by atoms with Gasteiger partial charge >= 0.3 is 5.97 Å². The van der Waals surface area contributed by atoms with Crippen LogP contribution in [0.1, 0.15) is 22.8 Å². The van der Waals surface area contributed by atoms with Gasteiger partial charge in [-0.25, -0.2) is 4.39 Å². The number of aryl methyl sites for hydroxylation is 1. The van der Waals surface area contributed by atoms with Crippen LogP contribution in [-0.2, 0) is 9.53 Å². The zero-order chi connectivity index (χ0) is 13.7. The van der Waals surface area contributed by atoms with E-state index in [0.29, 0.717) is 5.56 Å². The van der Waals surface area contributed by atoms with Crippen molar-refractivity contribution in [3.05, 3.63) is 35.1 Å². The summed E-state index contributed by atoms with van der Waals surface area (Å²) < 4.78 is 17.9. The van der Waals surface area contributed by atoms with Crippen LogP contribution in [-0.4, -0.2) is 37.0 Å². The topological polar surface area (TPSA) is 46.6 Å². The molecule has 5 heteroatoms. The van der Waals surface area contributed by atoms with Crippen LogP contribution in [0.15, 0.2) is 18.2 Å². The molecular weight excluding hydrogens is 237 g/mol. The first-order chi connectivity index (χ1) is 8.43. The fraction of sp³-hybridized carbons (Fsp3) is 0.385. The number of nitrogens with zero attached hydrogens (tertiary/aromatic N) is 1. The Labute approximate surface area is 105 Å². The molecule has 0 aromatic heterocycles. The van der Waals surface area contributed by atoms with Crippen molar-refractivity contribution >= 4 is 11.9 Å². The minimum absolute atomic E-state index is 0.151. The Bertz CT molecular complexity index is 439. The van der Waals surface area contributed by atoms with E-state index < -0.39 is 17.7 Å². The van der Waals surface area contributed by atoms with E-state index in [9.17, 15) is 14.0 Å². The van der Waals surface area contributed by atoms with Gasteiger partial charge in [-0.1, -0.05) is 0 Å². The monoisotopic (exact) mass is 253 g/mol.